The molecule has 0 aliphatic heterocycles. The fourth-order valence-electron chi connectivity index (χ4n) is 1.03. The summed E-state index contributed by atoms with van der Waals surface area (Å²) in [6, 6.07) is 0.0891. The minimum absolute atomic E-state index is 0.0891. The molecule has 0 spiro atoms. The van der Waals surface area contributed by atoms with E-state index in [0.29, 0.717) is 0 Å². The molecule has 1 aromatic heterocycles. The van der Waals surface area contributed by atoms with E-state index in [1.54, 1.807) is 6.08 Å². The predicted octanol–water partition coefficient (Wildman–Crippen LogP) is 1.49. The summed E-state index contributed by atoms with van der Waals surface area (Å²) in [5.74, 6) is 0. The fraction of sp³-hybridized carbons (Fsp3) is 0.222. The largest absolute Gasteiger partial charge is 0.516 e. The van der Waals surface area contributed by atoms with E-state index in [4.69, 9.17) is 5.11 Å². The highest BCUT2D eigenvalue weighted by Gasteiger charge is 2.06. The number of aliphatic hydroxyl groups excluding tert-OH is 1. The number of imidazole rings is 1. The SMILES string of the molecule is CC=CC(C=CO)[n+]1cc[nH]c1. The van der Waals surface area contributed by atoms with Gasteiger partial charge in [0.15, 0.2) is 0 Å². The minimum atomic E-state index is 0.0891. The Bertz CT molecular complexity index is 250. The number of hydrogen-bond acceptors (Lipinski definition) is 1. The first kappa shape index (κ1) is 8.59. The van der Waals surface area contributed by atoms with Crippen molar-refractivity contribution in [3.05, 3.63) is 43.2 Å². The lowest BCUT2D eigenvalue weighted by Gasteiger charge is -2.00. The van der Waals surface area contributed by atoms with Gasteiger partial charge in [-0.2, -0.15) is 0 Å². The van der Waals surface area contributed by atoms with Crippen molar-refractivity contribution in [3.8, 4) is 0 Å². The number of allylic oxidation sites excluding steroid dienone is 3. The number of hydrogen-bond donors (Lipinski definition) is 2. The number of nitrogens with one attached hydrogen (secondary N) is 1. The Kier molecular flexibility index (Phi) is 3.14. The van der Waals surface area contributed by atoms with Crippen molar-refractivity contribution in [3.63, 3.8) is 0 Å². The number of H-pyrrole nitrogens is 1. The molecular weight excluding hydrogens is 152 g/mol. The van der Waals surface area contributed by atoms with Crippen LogP contribution in [-0.2, 0) is 0 Å². The summed E-state index contributed by atoms with van der Waals surface area (Å²) in [5.41, 5.74) is 0. The van der Waals surface area contributed by atoms with E-state index in [0.717, 1.165) is 6.26 Å². The summed E-state index contributed by atoms with van der Waals surface area (Å²) < 4.78 is 1.95. The van der Waals surface area contributed by atoms with Crippen molar-refractivity contribution in [2.24, 2.45) is 0 Å². The topological polar surface area (TPSA) is 39.9 Å². The van der Waals surface area contributed by atoms with E-state index in [-0.39, 0.29) is 6.04 Å². The molecule has 3 nitrogen and oxygen atoms in total. The molecule has 1 atom stereocenters. The van der Waals surface area contributed by atoms with Gasteiger partial charge in [-0.05, 0) is 19.1 Å². The van der Waals surface area contributed by atoms with Crippen LogP contribution in [0.4, 0.5) is 0 Å². The lowest BCUT2D eigenvalue weighted by Crippen LogP contribution is -2.34. The quantitative estimate of drug-likeness (QED) is 0.397. The number of rotatable bonds is 3. The van der Waals surface area contributed by atoms with Crippen LogP contribution >= 0.6 is 0 Å². The van der Waals surface area contributed by atoms with Gasteiger partial charge in [0.1, 0.15) is 18.4 Å². The maximum atomic E-state index is 8.62. The molecule has 0 radical (unpaired) electrons. The third-order valence-corrected chi connectivity index (χ3v) is 1.58. The molecule has 64 valence electrons. The monoisotopic (exact) mass is 165 g/mol. The molecule has 0 fully saturated rings. The van der Waals surface area contributed by atoms with E-state index in [1.807, 2.05) is 42.4 Å². The van der Waals surface area contributed by atoms with Gasteiger partial charge in [-0.3, -0.25) is 4.98 Å². The molecule has 1 unspecified atom stereocenters. The zero-order valence-corrected chi connectivity index (χ0v) is 7.01. The van der Waals surface area contributed by atoms with Crippen LogP contribution in [0.2, 0.25) is 0 Å². The Morgan fingerprint density at radius 3 is 2.83 bits per heavy atom. The molecule has 0 aromatic carbocycles. The van der Waals surface area contributed by atoms with Gasteiger partial charge in [-0.25, -0.2) is 4.57 Å². The van der Waals surface area contributed by atoms with Crippen LogP contribution in [0.25, 0.3) is 0 Å². The molecule has 0 saturated heterocycles. The van der Waals surface area contributed by atoms with E-state index < -0.39 is 0 Å². The normalized spacial score (nSPS) is 14.4. The lowest BCUT2D eigenvalue weighted by atomic mass is 10.2. The molecule has 1 aromatic rings. The van der Waals surface area contributed by atoms with Crippen LogP contribution < -0.4 is 4.57 Å². The smallest absolute Gasteiger partial charge is 0.242 e. The van der Waals surface area contributed by atoms with Gasteiger partial charge in [0.2, 0.25) is 6.33 Å². The van der Waals surface area contributed by atoms with Gasteiger partial charge in [-0.1, -0.05) is 6.08 Å². The Morgan fingerprint density at radius 2 is 2.33 bits per heavy atom. The van der Waals surface area contributed by atoms with Crippen molar-refractivity contribution in [1.82, 2.24) is 4.98 Å². The Labute approximate surface area is 71.7 Å². The van der Waals surface area contributed by atoms with E-state index >= 15 is 0 Å². The minimum Gasteiger partial charge on any atom is -0.516 e. The third kappa shape index (κ3) is 1.99. The molecular formula is C9H13N2O+. The molecule has 0 amide bonds. The summed E-state index contributed by atoms with van der Waals surface area (Å²) in [6.45, 7) is 1.95. The molecule has 12 heavy (non-hydrogen) atoms. The first-order valence-electron chi connectivity index (χ1n) is 3.85. The van der Waals surface area contributed by atoms with Gasteiger partial charge in [0, 0.05) is 0 Å². The summed E-state index contributed by atoms with van der Waals surface area (Å²) in [4.78, 5) is 2.94. The number of aromatic amines is 1. The Hall–Kier alpha value is -1.51. The number of nitrogens with zero attached hydrogens (tertiary/aromatic N) is 1. The average Bonchev–Trinajstić information content (AvgIpc) is 2.56. The summed E-state index contributed by atoms with van der Waals surface area (Å²) in [5, 5.41) is 8.62. The molecule has 2 N–H and O–H groups in total. The molecule has 0 aliphatic carbocycles. The number of aromatic nitrogens is 2. The standard InChI is InChI=1S/C9H12N2O/c1-2-3-9(4-7-12)11-6-5-10-8-11/h2-9,12H,1H3/p+1. The van der Waals surface area contributed by atoms with Gasteiger partial charge >= 0.3 is 0 Å². The lowest BCUT2D eigenvalue weighted by molar-refractivity contribution is -0.700. The first-order valence-corrected chi connectivity index (χ1v) is 3.85. The third-order valence-electron chi connectivity index (χ3n) is 1.58. The van der Waals surface area contributed by atoms with E-state index in [2.05, 4.69) is 4.98 Å². The van der Waals surface area contributed by atoms with Crippen molar-refractivity contribution in [2.45, 2.75) is 13.0 Å². The average molecular weight is 165 g/mol. The second-order valence-electron chi connectivity index (χ2n) is 2.42. The maximum Gasteiger partial charge on any atom is 0.242 e. The predicted molar refractivity (Wildman–Crippen MR) is 46.6 cm³/mol. The highest BCUT2D eigenvalue weighted by Crippen LogP contribution is 1.99. The Morgan fingerprint density at radius 1 is 1.50 bits per heavy atom. The van der Waals surface area contributed by atoms with Gasteiger partial charge in [0.05, 0.1) is 6.26 Å². The Balaban J connectivity index is 2.80. The van der Waals surface area contributed by atoms with Crippen LogP contribution in [-0.4, -0.2) is 10.1 Å². The van der Waals surface area contributed by atoms with Crippen molar-refractivity contribution >= 4 is 0 Å². The van der Waals surface area contributed by atoms with E-state index in [1.165, 1.54) is 0 Å². The van der Waals surface area contributed by atoms with Crippen LogP contribution in [0.5, 0.6) is 0 Å². The number of aliphatic hydroxyl groups is 1. The van der Waals surface area contributed by atoms with Gasteiger partial charge < -0.3 is 5.11 Å². The summed E-state index contributed by atoms with van der Waals surface area (Å²) in [7, 11) is 0. The van der Waals surface area contributed by atoms with Crippen LogP contribution in [0.3, 0.4) is 0 Å². The highest BCUT2D eigenvalue weighted by atomic mass is 16.2. The molecule has 0 aliphatic rings. The van der Waals surface area contributed by atoms with Crippen molar-refractivity contribution < 1.29 is 9.67 Å². The zero-order chi connectivity index (χ0) is 8.81. The zero-order valence-electron chi connectivity index (χ0n) is 7.01. The summed E-state index contributed by atoms with van der Waals surface area (Å²) >= 11 is 0. The van der Waals surface area contributed by atoms with Gasteiger partial charge in [-0.15, -0.1) is 0 Å². The van der Waals surface area contributed by atoms with Gasteiger partial charge in [0.25, 0.3) is 0 Å². The first-order chi connectivity index (χ1) is 5.88. The fourth-order valence-corrected chi connectivity index (χ4v) is 1.03. The van der Waals surface area contributed by atoms with E-state index in [9.17, 15) is 0 Å². The van der Waals surface area contributed by atoms with Crippen LogP contribution in [0.15, 0.2) is 43.2 Å². The van der Waals surface area contributed by atoms with Crippen molar-refractivity contribution in [1.29, 1.82) is 0 Å². The molecule has 0 bridgehead atoms. The summed E-state index contributed by atoms with van der Waals surface area (Å²) in [6.07, 6.45) is 12.3. The molecule has 1 heterocycles. The second kappa shape index (κ2) is 4.38. The second-order valence-corrected chi connectivity index (χ2v) is 2.42. The molecule has 3 heteroatoms. The van der Waals surface area contributed by atoms with Crippen LogP contribution in [0, 0.1) is 0 Å². The van der Waals surface area contributed by atoms with Crippen LogP contribution in [0.1, 0.15) is 13.0 Å². The highest BCUT2D eigenvalue weighted by molar-refractivity contribution is 4.94. The molecule has 1 rings (SSSR count). The van der Waals surface area contributed by atoms with Crippen molar-refractivity contribution in [2.75, 3.05) is 0 Å². The maximum absolute atomic E-state index is 8.62. The molecule has 0 saturated carbocycles.